The van der Waals surface area contributed by atoms with Gasteiger partial charge in [0.05, 0.1) is 31.5 Å². The topological polar surface area (TPSA) is 91.5 Å². The number of nitrogens with zero attached hydrogens (tertiary/aromatic N) is 5. The van der Waals surface area contributed by atoms with Crippen molar-refractivity contribution in [2.75, 3.05) is 14.2 Å². The average Bonchev–Trinajstić information content (AvgIpc) is 3.11. The van der Waals surface area contributed by atoms with Crippen LogP contribution in [0, 0.1) is 5.92 Å². The molecule has 0 saturated carbocycles. The highest BCUT2D eigenvalue weighted by atomic mass is 16.5. The molecule has 0 N–H and O–H groups in total. The van der Waals surface area contributed by atoms with Gasteiger partial charge in [0.1, 0.15) is 12.1 Å². The summed E-state index contributed by atoms with van der Waals surface area (Å²) in [6.07, 6.45) is 6.88. The minimum atomic E-state index is -0.529. The van der Waals surface area contributed by atoms with E-state index in [1.807, 2.05) is 12.2 Å². The van der Waals surface area contributed by atoms with Crippen molar-refractivity contribution in [3.63, 3.8) is 0 Å². The third-order valence-electron chi connectivity index (χ3n) is 3.05. The number of fused-ring (bicyclic) bond motifs is 1. The van der Waals surface area contributed by atoms with E-state index in [4.69, 9.17) is 9.47 Å². The summed E-state index contributed by atoms with van der Waals surface area (Å²) < 4.78 is 11.3. The number of carbonyl (C=O) groups is 1. The lowest BCUT2D eigenvalue weighted by Crippen LogP contribution is -2.17. The molecule has 0 spiro atoms. The van der Waals surface area contributed by atoms with Gasteiger partial charge in [-0.25, -0.2) is 14.5 Å². The van der Waals surface area contributed by atoms with Crippen LogP contribution in [0.4, 0.5) is 0 Å². The molecule has 1 aromatic rings. The predicted octanol–water partition coefficient (Wildman–Crippen LogP) is 0.186. The Kier molecular flexibility index (Phi) is 2.90. The van der Waals surface area contributed by atoms with Crippen molar-refractivity contribution in [3.05, 3.63) is 36.0 Å². The SMILES string of the molecule is COC(=O)C1=C(n2cnnn2)[C@H]2C=CC(OC)=CC2=N1. The molecule has 8 heteroatoms. The summed E-state index contributed by atoms with van der Waals surface area (Å²) in [7, 11) is 2.88. The van der Waals surface area contributed by atoms with Gasteiger partial charge in [0.25, 0.3) is 0 Å². The zero-order valence-corrected chi connectivity index (χ0v) is 10.8. The number of methoxy groups -OCH3 is 2. The molecule has 0 bridgehead atoms. The number of carbonyl (C=O) groups excluding carboxylic acids is 1. The maximum absolute atomic E-state index is 11.9. The summed E-state index contributed by atoms with van der Waals surface area (Å²) in [5.74, 6) is -0.0631. The van der Waals surface area contributed by atoms with E-state index in [1.165, 1.54) is 18.1 Å². The Morgan fingerprint density at radius 1 is 1.40 bits per heavy atom. The van der Waals surface area contributed by atoms with Gasteiger partial charge in [0.15, 0.2) is 5.70 Å². The quantitative estimate of drug-likeness (QED) is 0.730. The Balaban J connectivity index is 2.09. The highest BCUT2D eigenvalue weighted by molar-refractivity contribution is 6.14. The number of hydrogen-bond donors (Lipinski definition) is 0. The maximum Gasteiger partial charge on any atom is 0.358 e. The monoisotopic (exact) mass is 273 g/mol. The molecular formula is C12H11N5O3. The van der Waals surface area contributed by atoms with E-state index in [9.17, 15) is 4.79 Å². The van der Waals surface area contributed by atoms with E-state index >= 15 is 0 Å². The van der Waals surface area contributed by atoms with Crippen LogP contribution in [0.15, 0.2) is 41.0 Å². The van der Waals surface area contributed by atoms with Crippen molar-refractivity contribution in [2.45, 2.75) is 0 Å². The number of hydrogen-bond acceptors (Lipinski definition) is 7. The zero-order valence-electron chi connectivity index (χ0n) is 10.8. The molecule has 1 aliphatic heterocycles. The fourth-order valence-electron chi connectivity index (χ4n) is 2.14. The number of ether oxygens (including phenoxy) is 2. The Labute approximate surface area is 114 Å². The van der Waals surface area contributed by atoms with E-state index in [1.54, 1.807) is 13.2 Å². The summed E-state index contributed by atoms with van der Waals surface area (Å²) in [5, 5.41) is 11.0. The molecule has 0 saturated heterocycles. The molecule has 0 amide bonds. The summed E-state index contributed by atoms with van der Waals surface area (Å²) in [6, 6.07) is 0. The minimum Gasteiger partial charge on any atom is -0.497 e. The second-order valence-corrected chi connectivity index (χ2v) is 4.10. The molecule has 0 radical (unpaired) electrons. The number of allylic oxidation sites excluding steroid dienone is 4. The van der Waals surface area contributed by atoms with Crippen molar-refractivity contribution in [3.8, 4) is 0 Å². The van der Waals surface area contributed by atoms with Gasteiger partial charge in [-0.3, -0.25) is 0 Å². The lowest BCUT2D eigenvalue weighted by atomic mass is 9.95. The van der Waals surface area contributed by atoms with E-state index in [-0.39, 0.29) is 11.6 Å². The van der Waals surface area contributed by atoms with Gasteiger partial charge in [0.2, 0.25) is 0 Å². The molecule has 1 aliphatic carbocycles. The highest BCUT2D eigenvalue weighted by Gasteiger charge is 2.34. The molecular weight excluding hydrogens is 262 g/mol. The summed E-state index contributed by atoms with van der Waals surface area (Å²) in [6.45, 7) is 0. The number of aliphatic imine (C=N–C) groups is 1. The third kappa shape index (κ3) is 1.81. The highest BCUT2D eigenvalue weighted by Crippen LogP contribution is 2.34. The van der Waals surface area contributed by atoms with Crippen molar-refractivity contribution in [2.24, 2.45) is 10.9 Å². The lowest BCUT2D eigenvalue weighted by molar-refractivity contribution is -0.136. The lowest BCUT2D eigenvalue weighted by Gasteiger charge is -2.15. The van der Waals surface area contributed by atoms with Gasteiger partial charge in [0, 0.05) is 6.08 Å². The van der Waals surface area contributed by atoms with Gasteiger partial charge in [-0.1, -0.05) is 6.08 Å². The van der Waals surface area contributed by atoms with Crippen molar-refractivity contribution >= 4 is 17.4 Å². The molecule has 2 heterocycles. The fourth-order valence-corrected chi connectivity index (χ4v) is 2.14. The first kappa shape index (κ1) is 12.3. The second-order valence-electron chi connectivity index (χ2n) is 4.10. The first-order valence-electron chi connectivity index (χ1n) is 5.83. The first-order valence-corrected chi connectivity index (χ1v) is 5.83. The standard InChI is InChI=1S/C12H11N5O3/c1-19-7-3-4-8-9(5-7)14-10(12(18)20-2)11(8)17-6-13-15-16-17/h3-6,8H,1-2H3/t8-/m0/s1. The van der Waals surface area contributed by atoms with Crippen LogP contribution in [-0.4, -0.2) is 46.1 Å². The predicted molar refractivity (Wildman–Crippen MR) is 68.2 cm³/mol. The molecule has 3 rings (SSSR count). The largest absolute Gasteiger partial charge is 0.497 e. The van der Waals surface area contributed by atoms with Crippen molar-refractivity contribution < 1.29 is 14.3 Å². The molecule has 0 unspecified atom stereocenters. The van der Waals surface area contributed by atoms with Crippen LogP contribution in [0.25, 0.3) is 5.70 Å². The zero-order chi connectivity index (χ0) is 14.1. The van der Waals surface area contributed by atoms with Crippen molar-refractivity contribution in [1.29, 1.82) is 0 Å². The summed E-state index contributed by atoms with van der Waals surface area (Å²) >= 11 is 0. The van der Waals surface area contributed by atoms with Crippen LogP contribution in [0.1, 0.15) is 0 Å². The van der Waals surface area contributed by atoms with Gasteiger partial charge in [-0.2, -0.15) is 0 Å². The Morgan fingerprint density at radius 2 is 2.25 bits per heavy atom. The molecule has 0 fully saturated rings. The van der Waals surface area contributed by atoms with Crippen LogP contribution in [0.3, 0.4) is 0 Å². The number of esters is 1. The Bertz CT molecular complexity index is 669. The van der Waals surface area contributed by atoms with E-state index in [0.29, 0.717) is 17.2 Å². The molecule has 0 aromatic carbocycles. The van der Waals surface area contributed by atoms with E-state index in [2.05, 4.69) is 20.5 Å². The average molecular weight is 273 g/mol. The van der Waals surface area contributed by atoms with Gasteiger partial charge in [-0.15, -0.1) is 5.10 Å². The fraction of sp³-hybridized carbons (Fsp3) is 0.250. The second kappa shape index (κ2) is 4.72. The van der Waals surface area contributed by atoms with Gasteiger partial charge >= 0.3 is 5.97 Å². The maximum atomic E-state index is 11.9. The normalized spacial score (nSPS) is 20.4. The Hall–Kier alpha value is -2.77. The van der Waals surface area contributed by atoms with Gasteiger partial charge in [-0.05, 0) is 16.5 Å². The molecule has 1 atom stereocenters. The summed E-state index contributed by atoms with van der Waals surface area (Å²) in [5.41, 5.74) is 1.45. The van der Waals surface area contributed by atoms with Crippen molar-refractivity contribution in [1.82, 2.24) is 20.2 Å². The number of rotatable bonds is 3. The Morgan fingerprint density at radius 3 is 2.90 bits per heavy atom. The molecule has 2 aliphatic rings. The van der Waals surface area contributed by atoms with Crippen LogP contribution in [0.5, 0.6) is 0 Å². The minimum absolute atomic E-state index is 0.193. The van der Waals surface area contributed by atoms with Crippen LogP contribution < -0.4 is 0 Å². The summed E-state index contributed by atoms with van der Waals surface area (Å²) in [4.78, 5) is 16.2. The molecule has 8 nitrogen and oxygen atoms in total. The number of tetrazole rings is 1. The number of aromatic nitrogens is 4. The van der Waals surface area contributed by atoms with Crippen LogP contribution in [-0.2, 0) is 14.3 Å². The van der Waals surface area contributed by atoms with Crippen LogP contribution >= 0.6 is 0 Å². The molecule has 102 valence electrons. The van der Waals surface area contributed by atoms with Gasteiger partial charge < -0.3 is 9.47 Å². The first-order chi connectivity index (χ1) is 9.74. The molecule has 20 heavy (non-hydrogen) atoms. The smallest absolute Gasteiger partial charge is 0.358 e. The van der Waals surface area contributed by atoms with E-state index < -0.39 is 5.97 Å². The van der Waals surface area contributed by atoms with Crippen LogP contribution in [0.2, 0.25) is 0 Å². The third-order valence-corrected chi connectivity index (χ3v) is 3.05. The molecule has 1 aromatic heterocycles. The van der Waals surface area contributed by atoms with E-state index in [0.717, 1.165) is 0 Å².